The molecule has 1 N–H and O–H groups in total. The first-order valence-corrected chi connectivity index (χ1v) is 7.66. The maximum atomic E-state index is 12.0. The first-order valence-electron chi connectivity index (χ1n) is 7.66. The van der Waals surface area contributed by atoms with Crippen molar-refractivity contribution in [3.05, 3.63) is 59.2 Å². The fourth-order valence-corrected chi connectivity index (χ4v) is 2.39. The van der Waals surface area contributed by atoms with Gasteiger partial charge in [-0.25, -0.2) is 0 Å². The summed E-state index contributed by atoms with van der Waals surface area (Å²) < 4.78 is 10.6. The molecule has 0 unspecified atom stereocenters. The zero-order valence-electron chi connectivity index (χ0n) is 13.9. The maximum absolute atomic E-state index is 12.0. The molecule has 0 spiro atoms. The molecule has 2 aromatic carbocycles. The van der Waals surface area contributed by atoms with Gasteiger partial charge in [-0.3, -0.25) is 4.79 Å². The van der Waals surface area contributed by atoms with Crippen molar-refractivity contribution in [2.45, 2.75) is 26.3 Å². The number of aryl methyl sites for hydroxylation is 2. The van der Waals surface area contributed by atoms with Crippen LogP contribution in [0.25, 0.3) is 0 Å². The van der Waals surface area contributed by atoms with Gasteiger partial charge in [-0.05, 0) is 25.0 Å². The second kappa shape index (κ2) is 8.22. The van der Waals surface area contributed by atoms with E-state index in [2.05, 4.69) is 36.5 Å². The minimum atomic E-state index is 0.0236. The number of benzene rings is 2. The van der Waals surface area contributed by atoms with Crippen LogP contribution in [-0.2, 0) is 17.8 Å². The van der Waals surface area contributed by atoms with E-state index in [0.717, 1.165) is 12.0 Å². The Labute approximate surface area is 137 Å². The Hall–Kier alpha value is -2.49. The van der Waals surface area contributed by atoms with Crippen molar-refractivity contribution in [2.24, 2.45) is 0 Å². The van der Waals surface area contributed by atoms with Gasteiger partial charge in [0.05, 0.1) is 14.2 Å². The SMILES string of the molecule is COc1cccc(CNC(=O)CCc2ccc(C)cc2)c1OC. The average molecular weight is 313 g/mol. The number of nitrogens with one attached hydrogen (secondary N) is 1. The van der Waals surface area contributed by atoms with Crippen LogP contribution in [-0.4, -0.2) is 20.1 Å². The summed E-state index contributed by atoms with van der Waals surface area (Å²) in [6.07, 6.45) is 1.21. The number of rotatable bonds is 7. The van der Waals surface area contributed by atoms with Gasteiger partial charge in [-0.2, -0.15) is 0 Å². The Bertz CT molecular complexity index is 650. The molecule has 0 saturated heterocycles. The highest BCUT2D eigenvalue weighted by molar-refractivity contribution is 5.76. The van der Waals surface area contributed by atoms with Gasteiger partial charge < -0.3 is 14.8 Å². The molecule has 4 heteroatoms. The Morgan fingerprint density at radius 3 is 2.43 bits per heavy atom. The minimum absolute atomic E-state index is 0.0236. The second-order valence-corrected chi connectivity index (χ2v) is 5.41. The van der Waals surface area contributed by atoms with Crippen molar-refractivity contribution in [3.8, 4) is 11.5 Å². The number of hydrogen-bond acceptors (Lipinski definition) is 3. The molecule has 0 atom stereocenters. The van der Waals surface area contributed by atoms with Crippen molar-refractivity contribution in [1.82, 2.24) is 5.32 Å². The van der Waals surface area contributed by atoms with Gasteiger partial charge in [0.25, 0.3) is 0 Å². The number of hydrogen-bond donors (Lipinski definition) is 1. The lowest BCUT2D eigenvalue weighted by Gasteiger charge is -2.13. The Morgan fingerprint density at radius 2 is 1.78 bits per heavy atom. The molecule has 0 heterocycles. The summed E-state index contributed by atoms with van der Waals surface area (Å²) in [5.41, 5.74) is 3.29. The zero-order valence-corrected chi connectivity index (χ0v) is 13.9. The summed E-state index contributed by atoms with van der Waals surface area (Å²) in [6.45, 7) is 2.48. The quantitative estimate of drug-likeness (QED) is 0.853. The summed E-state index contributed by atoms with van der Waals surface area (Å²) in [4.78, 5) is 12.0. The molecule has 122 valence electrons. The Balaban J connectivity index is 1.88. The highest BCUT2D eigenvalue weighted by Crippen LogP contribution is 2.30. The predicted octanol–water partition coefficient (Wildman–Crippen LogP) is 3.26. The summed E-state index contributed by atoms with van der Waals surface area (Å²) >= 11 is 0. The molecule has 0 aliphatic heterocycles. The lowest BCUT2D eigenvalue weighted by Crippen LogP contribution is -2.23. The molecule has 0 saturated carbocycles. The predicted molar refractivity (Wildman–Crippen MR) is 90.9 cm³/mol. The average Bonchev–Trinajstić information content (AvgIpc) is 2.58. The van der Waals surface area contributed by atoms with Gasteiger partial charge in [-0.15, -0.1) is 0 Å². The first kappa shape index (κ1) is 16.9. The number of methoxy groups -OCH3 is 2. The summed E-state index contributed by atoms with van der Waals surface area (Å²) in [7, 11) is 3.20. The van der Waals surface area contributed by atoms with Crippen LogP contribution >= 0.6 is 0 Å². The molecular formula is C19H23NO3. The highest BCUT2D eigenvalue weighted by atomic mass is 16.5. The van der Waals surface area contributed by atoms with Crippen molar-refractivity contribution in [1.29, 1.82) is 0 Å². The number of amides is 1. The Kier molecular flexibility index (Phi) is 6.03. The standard InChI is InChI=1S/C19H23NO3/c1-14-7-9-15(10-8-14)11-12-18(21)20-13-16-5-4-6-17(22-2)19(16)23-3/h4-10H,11-13H2,1-3H3,(H,20,21). The van der Waals surface area contributed by atoms with Gasteiger partial charge in [0.1, 0.15) is 0 Å². The summed E-state index contributed by atoms with van der Waals surface area (Å²) in [5.74, 6) is 1.35. The van der Waals surface area contributed by atoms with E-state index >= 15 is 0 Å². The fourth-order valence-electron chi connectivity index (χ4n) is 2.39. The summed E-state index contributed by atoms with van der Waals surface area (Å²) in [6, 6.07) is 13.9. The van der Waals surface area contributed by atoms with E-state index in [9.17, 15) is 4.79 Å². The van der Waals surface area contributed by atoms with E-state index in [4.69, 9.17) is 9.47 Å². The first-order chi connectivity index (χ1) is 11.1. The molecule has 0 aliphatic rings. The van der Waals surface area contributed by atoms with Gasteiger partial charge in [0.15, 0.2) is 11.5 Å². The number of carbonyl (C=O) groups excluding carboxylic acids is 1. The van der Waals surface area contributed by atoms with Gasteiger partial charge in [0.2, 0.25) is 5.91 Å². The van der Waals surface area contributed by atoms with Crippen molar-refractivity contribution < 1.29 is 14.3 Å². The van der Waals surface area contributed by atoms with E-state index in [1.54, 1.807) is 14.2 Å². The van der Waals surface area contributed by atoms with Crippen LogP contribution in [0, 0.1) is 6.92 Å². The Morgan fingerprint density at radius 1 is 1.04 bits per heavy atom. The van der Waals surface area contributed by atoms with Gasteiger partial charge in [0, 0.05) is 18.5 Å². The van der Waals surface area contributed by atoms with Crippen LogP contribution in [0.5, 0.6) is 11.5 Å². The zero-order chi connectivity index (χ0) is 16.7. The van der Waals surface area contributed by atoms with Crippen molar-refractivity contribution in [2.75, 3.05) is 14.2 Å². The second-order valence-electron chi connectivity index (χ2n) is 5.41. The van der Waals surface area contributed by atoms with Crippen LogP contribution < -0.4 is 14.8 Å². The van der Waals surface area contributed by atoms with E-state index in [1.165, 1.54) is 11.1 Å². The molecule has 0 radical (unpaired) electrons. The fraction of sp³-hybridized carbons (Fsp3) is 0.316. The van der Waals surface area contributed by atoms with E-state index in [-0.39, 0.29) is 5.91 Å². The third kappa shape index (κ3) is 4.74. The van der Waals surface area contributed by atoms with Crippen LogP contribution in [0.3, 0.4) is 0 Å². The normalized spacial score (nSPS) is 10.2. The lowest BCUT2D eigenvalue weighted by molar-refractivity contribution is -0.121. The molecule has 0 fully saturated rings. The van der Waals surface area contributed by atoms with E-state index in [0.29, 0.717) is 24.5 Å². The largest absolute Gasteiger partial charge is 0.493 e. The van der Waals surface area contributed by atoms with Crippen LogP contribution in [0.15, 0.2) is 42.5 Å². The number of carbonyl (C=O) groups is 1. The topological polar surface area (TPSA) is 47.6 Å². The molecule has 0 aromatic heterocycles. The molecule has 0 aliphatic carbocycles. The molecular weight excluding hydrogens is 290 g/mol. The maximum Gasteiger partial charge on any atom is 0.220 e. The molecule has 1 amide bonds. The molecule has 4 nitrogen and oxygen atoms in total. The van der Waals surface area contributed by atoms with E-state index in [1.807, 2.05) is 18.2 Å². The van der Waals surface area contributed by atoms with Crippen LogP contribution in [0.1, 0.15) is 23.1 Å². The molecule has 2 rings (SSSR count). The van der Waals surface area contributed by atoms with Crippen LogP contribution in [0.2, 0.25) is 0 Å². The summed E-state index contributed by atoms with van der Waals surface area (Å²) in [5, 5.41) is 2.93. The highest BCUT2D eigenvalue weighted by Gasteiger charge is 2.10. The lowest BCUT2D eigenvalue weighted by atomic mass is 10.1. The third-order valence-electron chi connectivity index (χ3n) is 3.72. The van der Waals surface area contributed by atoms with Gasteiger partial charge in [-0.1, -0.05) is 42.0 Å². The van der Waals surface area contributed by atoms with Crippen molar-refractivity contribution >= 4 is 5.91 Å². The monoisotopic (exact) mass is 313 g/mol. The van der Waals surface area contributed by atoms with Crippen LogP contribution in [0.4, 0.5) is 0 Å². The molecule has 0 bridgehead atoms. The third-order valence-corrected chi connectivity index (χ3v) is 3.72. The van der Waals surface area contributed by atoms with Crippen molar-refractivity contribution in [3.63, 3.8) is 0 Å². The number of para-hydroxylation sites is 1. The molecule has 23 heavy (non-hydrogen) atoms. The smallest absolute Gasteiger partial charge is 0.220 e. The minimum Gasteiger partial charge on any atom is -0.493 e. The van der Waals surface area contributed by atoms with Gasteiger partial charge >= 0.3 is 0 Å². The number of ether oxygens (including phenoxy) is 2. The van der Waals surface area contributed by atoms with E-state index < -0.39 is 0 Å². The molecule has 2 aromatic rings.